The molecule has 0 bridgehead atoms. The van der Waals surface area contributed by atoms with E-state index in [-0.39, 0.29) is 10.8 Å². The van der Waals surface area contributed by atoms with Gasteiger partial charge < -0.3 is 9.47 Å². The van der Waals surface area contributed by atoms with E-state index in [2.05, 4.69) is 231 Å². The Morgan fingerprint density at radius 2 is 0.859 bits per heavy atom. The molecule has 1 heterocycles. The Kier molecular flexibility index (Phi) is 7.00. The molecule has 10 aromatic carbocycles. The predicted octanol–water partition coefficient (Wildman–Crippen LogP) is 16.8. The molecule has 0 radical (unpaired) electrons. The summed E-state index contributed by atoms with van der Waals surface area (Å²) < 4.78 is 2.46. The van der Waals surface area contributed by atoms with Gasteiger partial charge in [-0.1, -0.05) is 167 Å². The molecule has 0 spiro atoms. The summed E-state index contributed by atoms with van der Waals surface area (Å²) >= 11 is 0. The first-order valence-electron chi connectivity index (χ1n) is 22.7. The van der Waals surface area contributed by atoms with Gasteiger partial charge in [0.25, 0.3) is 0 Å². The molecule has 2 heteroatoms. The molecular weight excluding hydrogens is 773 g/mol. The Bertz CT molecular complexity index is 3800. The van der Waals surface area contributed by atoms with E-state index in [1.54, 1.807) is 0 Å². The quantitative estimate of drug-likeness (QED) is 0.172. The lowest BCUT2D eigenvalue weighted by molar-refractivity contribution is 0.660. The molecule has 11 aromatic rings. The molecule has 1 aromatic heterocycles. The van der Waals surface area contributed by atoms with E-state index in [4.69, 9.17) is 0 Å². The van der Waals surface area contributed by atoms with Crippen molar-refractivity contribution in [1.82, 2.24) is 4.57 Å². The van der Waals surface area contributed by atoms with Crippen LogP contribution in [0.3, 0.4) is 0 Å². The molecule has 3 aliphatic carbocycles. The summed E-state index contributed by atoms with van der Waals surface area (Å²) in [5.74, 6) is 0. The number of fused-ring (bicyclic) bond motifs is 14. The van der Waals surface area contributed by atoms with Crippen molar-refractivity contribution in [2.45, 2.75) is 38.5 Å². The molecular formula is C62H44N2. The summed E-state index contributed by atoms with van der Waals surface area (Å²) in [6, 6.07) is 73.2. The smallest absolute Gasteiger partial charge is 0.0542 e. The fourth-order valence-corrected chi connectivity index (χ4v) is 12.3. The van der Waals surface area contributed by atoms with E-state index in [9.17, 15) is 0 Å². The molecule has 2 nitrogen and oxygen atoms in total. The summed E-state index contributed by atoms with van der Waals surface area (Å²) in [7, 11) is 0. The Hall–Kier alpha value is -7.68. The maximum atomic E-state index is 2.54. The Balaban J connectivity index is 1.01. The summed E-state index contributed by atoms with van der Waals surface area (Å²) in [5, 5.41) is 7.68. The number of nitrogens with zero attached hydrogens (tertiary/aromatic N) is 2. The van der Waals surface area contributed by atoms with Crippen molar-refractivity contribution < 1.29 is 0 Å². The van der Waals surface area contributed by atoms with Crippen molar-refractivity contribution in [2.75, 3.05) is 4.90 Å². The van der Waals surface area contributed by atoms with E-state index >= 15 is 0 Å². The van der Waals surface area contributed by atoms with Crippen molar-refractivity contribution in [3.8, 4) is 50.2 Å². The van der Waals surface area contributed by atoms with Gasteiger partial charge in [-0.15, -0.1) is 0 Å². The second kappa shape index (κ2) is 12.5. The third kappa shape index (κ3) is 4.55. The number of benzene rings is 10. The van der Waals surface area contributed by atoms with Crippen LogP contribution in [0.15, 0.2) is 194 Å². The lowest BCUT2D eigenvalue weighted by Crippen LogP contribution is -2.18. The minimum absolute atomic E-state index is 0.140. The molecule has 0 amide bonds. The van der Waals surface area contributed by atoms with E-state index < -0.39 is 0 Å². The fourth-order valence-electron chi connectivity index (χ4n) is 12.3. The molecule has 64 heavy (non-hydrogen) atoms. The third-order valence-corrected chi connectivity index (χ3v) is 15.3. The topological polar surface area (TPSA) is 8.17 Å². The van der Waals surface area contributed by atoms with Crippen molar-refractivity contribution in [2.24, 2.45) is 0 Å². The summed E-state index contributed by atoms with van der Waals surface area (Å²) in [5.41, 5.74) is 23.0. The third-order valence-electron chi connectivity index (χ3n) is 15.3. The standard InChI is InChI=1S/C62H44N2/c1-61(2)51-25-12-9-18-41(51)42-30-28-37(34-52(42)61)63(57-32-33-58(46-20-8-7-19-45(46)57)64-55-26-13-10-21-43(55)44-22-11-14-27-56(44)64)38-29-31-48-53(35-38)62(3,4)54-36-50-40-17-6-5-16-39(40)47-23-15-24-49(59(47)50)60(48)54/h5-36H,1-4H3. The van der Waals surface area contributed by atoms with Crippen LogP contribution in [0.25, 0.3) is 93.5 Å². The van der Waals surface area contributed by atoms with Gasteiger partial charge in [0.05, 0.1) is 22.4 Å². The van der Waals surface area contributed by atoms with E-state index in [0.717, 1.165) is 17.1 Å². The monoisotopic (exact) mass is 816 g/mol. The van der Waals surface area contributed by atoms with Crippen LogP contribution in [0.5, 0.6) is 0 Å². The van der Waals surface area contributed by atoms with Gasteiger partial charge in [0.15, 0.2) is 0 Å². The van der Waals surface area contributed by atoms with Gasteiger partial charge in [0.2, 0.25) is 0 Å². The zero-order chi connectivity index (χ0) is 42.6. The van der Waals surface area contributed by atoms with E-state index in [0.29, 0.717) is 0 Å². The number of hydrogen-bond donors (Lipinski definition) is 0. The van der Waals surface area contributed by atoms with Crippen LogP contribution in [0.1, 0.15) is 49.9 Å². The minimum Gasteiger partial charge on any atom is -0.310 e. The van der Waals surface area contributed by atoms with Crippen LogP contribution < -0.4 is 4.90 Å². The fraction of sp³-hybridized carbons (Fsp3) is 0.0968. The van der Waals surface area contributed by atoms with Crippen LogP contribution in [-0.4, -0.2) is 4.57 Å². The number of aromatic nitrogens is 1. The van der Waals surface area contributed by atoms with Gasteiger partial charge >= 0.3 is 0 Å². The Morgan fingerprint density at radius 3 is 1.58 bits per heavy atom. The number of hydrogen-bond acceptors (Lipinski definition) is 1. The summed E-state index contributed by atoms with van der Waals surface area (Å²) in [4.78, 5) is 2.54. The zero-order valence-electron chi connectivity index (χ0n) is 36.4. The van der Waals surface area contributed by atoms with Gasteiger partial charge in [0, 0.05) is 43.7 Å². The SMILES string of the molecule is CC1(C)c2ccccc2-c2ccc(N(c3ccc4c(c3)C(C)(C)c3cc5c6c(cccc6c3-4)-c3ccccc3-5)c3ccc(-n4c5ccccc5c5ccccc54)c4ccccc34)cc21. The van der Waals surface area contributed by atoms with Crippen LogP contribution in [-0.2, 0) is 10.8 Å². The van der Waals surface area contributed by atoms with Crippen LogP contribution >= 0.6 is 0 Å². The average Bonchev–Trinajstić information content (AvgIpc) is 3.99. The second-order valence-electron chi connectivity index (χ2n) is 19.2. The Labute approximate surface area is 373 Å². The van der Waals surface area contributed by atoms with Gasteiger partial charge in [-0.3, -0.25) is 0 Å². The van der Waals surface area contributed by atoms with Gasteiger partial charge in [0.1, 0.15) is 0 Å². The molecule has 0 fully saturated rings. The molecule has 0 aliphatic heterocycles. The average molecular weight is 817 g/mol. The highest BCUT2D eigenvalue weighted by Gasteiger charge is 2.40. The first-order chi connectivity index (χ1) is 31.3. The summed E-state index contributed by atoms with van der Waals surface area (Å²) in [6.07, 6.45) is 0. The minimum atomic E-state index is -0.228. The van der Waals surface area contributed by atoms with Gasteiger partial charge in [-0.2, -0.15) is 0 Å². The molecule has 14 rings (SSSR count). The highest BCUT2D eigenvalue weighted by molar-refractivity contribution is 6.20. The van der Waals surface area contributed by atoms with Crippen molar-refractivity contribution in [3.05, 3.63) is 216 Å². The molecule has 0 unspecified atom stereocenters. The maximum Gasteiger partial charge on any atom is 0.0542 e. The lowest BCUT2D eigenvalue weighted by atomic mass is 9.80. The molecule has 0 atom stereocenters. The van der Waals surface area contributed by atoms with E-state index in [1.807, 2.05) is 0 Å². The van der Waals surface area contributed by atoms with E-state index in [1.165, 1.54) is 116 Å². The van der Waals surface area contributed by atoms with Crippen LogP contribution in [0.4, 0.5) is 17.1 Å². The van der Waals surface area contributed by atoms with Crippen LogP contribution in [0, 0.1) is 0 Å². The molecule has 0 saturated heterocycles. The molecule has 3 aliphatic rings. The largest absolute Gasteiger partial charge is 0.310 e. The normalized spacial score (nSPS) is 14.5. The number of rotatable bonds is 4. The molecule has 302 valence electrons. The lowest BCUT2D eigenvalue weighted by Gasteiger charge is -2.31. The zero-order valence-corrected chi connectivity index (χ0v) is 36.4. The number of para-hydroxylation sites is 2. The predicted molar refractivity (Wildman–Crippen MR) is 270 cm³/mol. The number of anilines is 3. The van der Waals surface area contributed by atoms with Crippen molar-refractivity contribution >= 4 is 60.4 Å². The van der Waals surface area contributed by atoms with Gasteiger partial charge in [-0.25, -0.2) is 0 Å². The maximum absolute atomic E-state index is 2.54. The van der Waals surface area contributed by atoms with Crippen molar-refractivity contribution in [1.29, 1.82) is 0 Å². The highest BCUT2D eigenvalue weighted by atomic mass is 15.1. The molecule has 0 saturated carbocycles. The first kappa shape index (κ1) is 35.9. The van der Waals surface area contributed by atoms with Crippen LogP contribution in [0.2, 0.25) is 0 Å². The second-order valence-corrected chi connectivity index (χ2v) is 19.2. The van der Waals surface area contributed by atoms with Crippen molar-refractivity contribution in [3.63, 3.8) is 0 Å². The Morgan fingerprint density at radius 1 is 0.344 bits per heavy atom. The first-order valence-corrected chi connectivity index (χ1v) is 22.7. The molecule has 0 N–H and O–H groups in total. The summed E-state index contributed by atoms with van der Waals surface area (Å²) in [6.45, 7) is 9.63. The highest BCUT2D eigenvalue weighted by Crippen LogP contribution is 2.59. The van der Waals surface area contributed by atoms with Gasteiger partial charge in [-0.05, 0) is 132 Å².